The molecule has 3 aromatic rings. The first-order valence-electron chi connectivity index (χ1n) is 19.1. The summed E-state index contributed by atoms with van der Waals surface area (Å²) in [7, 11) is 4.56. The number of nitrogens with zero attached hydrogens (tertiary/aromatic N) is 1. The molecular weight excluding hydrogens is 722 g/mol. The van der Waals surface area contributed by atoms with Gasteiger partial charge in [0, 0.05) is 14.2 Å². The van der Waals surface area contributed by atoms with Gasteiger partial charge in [0.25, 0.3) is 0 Å². The van der Waals surface area contributed by atoms with E-state index in [0.29, 0.717) is 5.71 Å². The number of hydrogen-bond acceptors (Lipinski definition) is 13. The number of ether oxygens (including phenoxy) is 11. The highest BCUT2D eigenvalue weighted by molar-refractivity contribution is 5.93. The highest BCUT2D eigenvalue weighted by atomic mass is 16.8. The summed E-state index contributed by atoms with van der Waals surface area (Å²) in [5, 5.41) is 4.44. The molecule has 0 bridgehead atoms. The van der Waals surface area contributed by atoms with Gasteiger partial charge in [-0.15, -0.1) is 0 Å². The molecule has 0 aromatic heterocycles. The average molecular weight is 778 g/mol. The molecule has 0 unspecified atom stereocenters. The molecule has 4 heterocycles. The molecule has 13 nitrogen and oxygen atoms in total. The van der Waals surface area contributed by atoms with Crippen molar-refractivity contribution in [1.82, 2.24) is 0 Å². The number of methoxy groups -OCH3 is 2. The van der Waals surface area contributed by atoms with Crippen LogP contribution in [0.1, 0.15) is 58.2 Å². The lowest BCUT2D eigenvalue weighted by Gasteiger charge is -2.42. The summed E-state index contributed by atoms with van der Waals surface area (Å²) in [6.45, 7) is 11.3. The molecular formula is C43H55NO12. The van der Waals surface area contributed by atoms with Crippen LogP contribution in [-0.2, 0) is 62.5 Å². The van der Waals surface area contributed by atoms with E-state index < -0.39 is 78.3 Å². The smallest absolute Gasteiger partial charge is 0.204 e. The minimum atomic E-state index is -1.14. The molecule has 4 saturated heterocycles. The van der Waals surface area contributed by atoms with Gasteiger partial charge in [-0.1, -0.05) is 96.2 Å². The first kappa shape index (κ1) is 40.9. The average Bonchev–Trinajstić information content (AvgIpc) is 3.83. The fraction of sp³-hybridized carbons (Fsp3) is 0.558. The lowest BCUT2D eigenvalue weighted by molar-refractivity contribution is -0.255. The van der Waals surface area contributed by atoms with E-state index >= 15 is 0 Å². The number of hydrogen-bond donors (Lipinski definition) is 0. The van der Waals surface area contributed by atoms with Crippen LogP contribution in [0.25, 0.3) is 0 Å². The summed E-state index contributed by atoms with van der Waals surface area (Å²) in [4.78, 5) is 5.41. The maximum Gasteiger partial charge on any atom is 0.204 e. The summed E-state index contributed by atoms with van der Waals surface area (Å²) >= 11 is 0. The highest BCUT2D eigenvalue weighted by Crippen LogP contribution is 2.44. The topological polar surface area (TPSA) is 123 Å². The minimum absolute atomic E-state index is 0.0638. The van der Waals surface area contributed by atoms with Crippen LogP contribution in [0.4, 0.5) is 0 Å². The van der Waals surface area contributed by atoms with Crippen LogP contribution in [0.15, 0.2) is 96.2 Å². The van der Waals surface area contributed by atoms with Gasteiger partial charge in [-0.25, -0.2) is 0 Å². The van der Waals surface area contributed by atoms with Crippen molar-refractivity contribution in [3.8, 4) is 0 Å². The van der Waals surface area contributed by atoms with Crippen molar-refractivity contribution in [2.75, 3.05) is 34.5 Å². The lowest BCUT2D eigenvalue weighted by Crippen LogP contribution is -2.59. The van der Waals surface area contributed by atoms with Gasteiger partial charge in [-0.3, -0.25) is 0 Å². The van der Waals surface area contributed by atoms with E-state index in [-0.39, 0.29) is 13.2 Å². The molecule has 0 amide bonds. The monoisotopic (exact) mass is 777 g/mol. The zero-order chi connectivity index (χ0) is 39.7. The van der Waals surface area contributed by atoms with Gasteiger partial charge >= 0.3 is 0 Å². The number of oxime groups is 1. The SMILES string of the molecule is CO/N=C1/[C@H](O[C@@H]([C@@H]2OC(C)(C)O[C@H]2C(OC)OC)[C@H]2COC(C)(C)O2)O[C@H](COC(c2ccccc2)(c2ccccc2)c2ccccc2)[C@@H]2OC(C)(C)O[C@H]12. The summed E-state index contributed by atoms with van der Waals surface area (Å²) in [5.41, 5.74) is 2.15. The van der Waals surface area contributed by atoms with Crippen LogP contribution >= 0.6 is 0 Å². The molecule has 56 heavy (non-hydrogen) atoms. The molecule has 0 radical (unpaired) electrons. The maximum absolute atomic E-state index is 7.27. The van der Waals surface area contributed by atoms with Gasteiger partial charge in [0.2, 0.25) is 6.29 Å². The Bertz CT molecular complexity index is 1660. The molecule has 304 valence electrons. The first-order chi connectivity index (χ1) is 26.8. The van der Waals surface area contributed by atoms with Crippen molar-refractivity contribution in [2.24, 2.45) is 5.16 Å². The van der Waals surface area contributed by atoms with Gasteiger partial charge in [0.1, 0.15) is 61.2 Å². The Balaban J connectivity index is 1.28. The Morgan fingerprint density at radius 2 is 1.21 bits per heavy atom. The third kappa shape index (κ3) is 8.31. The predicted octanol–water partition coefficient (Wildman–Crippen LogP) is 5.92. The highest BCUT2D eigenvalue weighted by Gasteiger charge is 2.59. The summed E-state index contributed by atoms with van der Waals surface area (Å²) in [5.74, 6) is -2.90. The van der Waals surface area contributed by atoms with E-state index in [4.69, 9.17) is 56.9 Å². The van der Waals surface area contributed by atoms with Crippen molar-refractivity contribution in [3.63, 3.8) is 0 Å². The van der Waals surface area contributed by atoms with Crippen molar-refractivity contribution in [2.45, 2.75) is 120 Å². The molecule has 13 heteroatoms. The Kier molecular flexibility index (Phi) is 12.1. The third-order valence-electron chi connectivity index (χ3n) is 10.4. The minimum Gasteiger partial charge on any atom is -0.399 e. The predicted molar refractivity (Wildman–Crippen MR) is 203 cm³/mol. The zero-order valence-electron chi connectivity index (χ0n) is 33.6. The van der Waals surface area contributed by atoms with E-state index in [1.54, 1.807) is 14.2 Å². The quantitative estimate of drug-likeness (QED) is 0.110. The van der Waals surface area contributed by atoms with Crippen LogP contribution in [0, 0.1) is 0 Å². The van der Waals surface area contributed by atoms with Gasteiger partial charge < -0.3 is 56.9 Å². The molecule has 0 N–H and O–H groups in total. The van der Waals surface area contributed by atoms with E-state index in [9.17, 15) is 0 Å². The Labute approximate surface area is 329 Å². The molecule has 3 aromatic carbocycles. The molecule has 0 spiro atoms. The first-order valence-corrected chi connectivity index (χ1v) is 19.1. The number of rotatable bonds is 14. The molecule has 7 rings (SSSR count). The van der Waals surface area contributed by atoms with E-state index in [2.05, 4.69) is 41.6 Å². The Morgan fingerprint density at radius 1 is 0.679 bits per heavy atom. The molecule has 8 atom stereocenters. The van der Waals surface area contributed by atoms with Crippen LogP contribution in [-0.4, -0.2) is 113 Å². The van der Waals surface area contributed by atoms with E-state index in [1.165, 1.54) is 7.11 Å². The molecule has 4 aliphatic rings. The second-order valence-electron chi connectivity index (χ2n) is 15.7. The van der Waals surface area contributed by atoms with Crippen LogP contribution in [0.2, 0.25) is 0 Å². The second-order valence-corrected chi connectivity index (χ2v) is 15.7. The standard InChI is InChI=1S/C43H55NO12/c1-40(2)48-26-31(52-40)33(36-37(39(45-7)46-8)56-42(5,6)55-36)51-38-32(44-47-9)35-34(53-41(3,4)54-35)30(50-38)25-49-43(27-19-13-10-14-20-27,28-21-15-11-16-22-28)29-23-17-12-18-24-29/h10-24,30-31,33-39H,25-26H2,1-9H3/b44-32+/t30-,31-,33-,34+,35-,36+,37-,38+/m1/s1. The lowest BCUT2D eigenvalue weighted by atomic mass is 9.80. The van der Waals surface area contributed by atoms with Crippen molar-refractivity contribution in [1.29, 1.82) is 0 Å². The molecule has 0 saturated carbocycles. The summed E-state index contributed by atoms with van der Waals surface area (Å²) < 4.78 is 71.2. The summed E-state index contributed by atoms with van der Waals surface area (Å²) in [6.07, 6.45) is -7.00. The zero-order valence-corrected chi connectivity index (χ0v) is 33.6. The Morgan fingerprint density at radius 3 is 1.71 bits per heavy atom. The molecule has 4 fully saturated rings. The normalized spacial score (nSPS) is 30.8. The van der Waals surface area contributed by atoms with Crippen LogP contribution in [0.5, 0.6) is 0 Å². The van der Waals surface area contributed by atoms with E-state index in [1.807, 2.05) is 96.1 Å². The summed E-state index contributed by atoms with van der Waals surface area (Å²) in [6, 6.07) is 30.5. The van der Waals surface area contributed by atoms with Crippen LogP contribution < -0.4 is 0 Å². The van der Waals surface area contributed by atoms with Gasteiger partial charge in [-0.05, 0) is 58.2 Å². The maximum atomic E-state index is 7.27. The van der Waals surface area contributed by atoms with E-state index in [0.717, 1.165) is 16.7 Å². The Hall–Kier alpha value is -3.31. The molecule has 0 aliphatic carbocycles. The van der Waals surface area contributed by atoms with Gasteiger partial charge in [0.05, 0.1) is 13.2 Å². The third-order valence-corrected chi connectivity index (χ3v) is 10.4. The number of benzene rings is 3. The van der Waals surface area contributed by atoms with Gasteiger partial charge in [0.15, 0.2) is 23.7 Å². The number of fused-ring (bicyclic) bond motifs is 1. The van der Waals surface area contributed by atoms with Crippen molar-refractivity contribution < 1.29 is 56.9 Å². The van der Waals surface area contributed by atoms with Crippen LogP contribution in [0.3, 0.4) is 0 Å². The largest absolute Gasteiger partial charge is 0.399 e. The fourth-order valence-corrected chi connectivity index (χ4v) is 8.18. The van der Waals surface area contributed by atoms with Crippen molar-refractivity contribution >= 4 is 5.71 Å². The van der Waals surface area contributed by atoms with Gasteiger partial charge in [-0.2, -0.15) is 0 Å². The second kappa shape index (κ2) is 16.5. The van der Waals surface area contributed by atoms with Crippen molar-refractivity contribution in [3.05, 3.63) is 108 Å². The fourth-order valence-electron chi connectivity index (χ4n) is 8.18. The molecule has 4 aliphatic heterocycles.